The van der Waals surface area contributed by atoms with Gasteiger partial charge < -0.3 is 5.32 Å². The number of amides is 1. The molecular formula is C14H10BrF2NO. The molecular weight excluding hydrogens is 316 g/mol. The molecule has 98 valence electrons. The maximum atomic E-state index is 13.4. The summed E-state index contributed by atoms with van der Waals surface area (Å²) >= 11 is 3.17. The molecule has 1 N–H and O–H groups in total. The molecule has 5 heteroatoms. The highest BCUT2D eigenvalue weighted by Gasteiger charge is 2.12. The van der Waals surface area contributed by atoms with Gasteiger partial charge in [0.05, 0.1) is 5.56 Å². The predicted molar refractivity (Wildman–Crippen MR) is 73.2 cm³/mol. The Morgan fingerprint density at radius 3 is 2.58 bits per heavy atom. The topological polar surface area (TPSA) is 29.1 Å². The third-order valence-corrected chi connectivity index (χ3v) is 3.29. The Kier molecular flexibility index (Phi) is 3.95. The van der Waals surface area contributed by atoms with Gasteiger partial charge in [-0.05, 0) is 58.7 Å². The van der Waals surface area contributed by atoms with Crippen LogP contribution in [0.15, 0.2) is 40.9 Å². The molecule has 0 saturated heterocycles. The van der Waals surface area contributed by atoms with Crippen molar-refractivity contribution >= 4 is 27.5 Å². The average molecular weight is 326 g/mol. The second-order valence-corrected chi connectivity index (χ2v) is 4.90. The van der Waals surface area contributed by atoms with Crippen molar-refractivity contribution < 1.29 is 13.6 Å². The summed E-state index contributed by atoms with van der Waals surface area (Å²) < 4.78 is 26.9. The predicted octanol–water partition coefficient (Wildman–Crippen LogP) is 4.29. The van der Waals surface area contributed by atoms with Gasteiger partial charge in [-0.2, -0.15) is 0 Å². The normalized spacial score (nSPS) is 10.3. The molecule has 2 aromatic carbocycles. The first kappa shape index (κ1) is 13.7. The molecule has 2 nitrogen and oxygen atoms in total. The minimum atomic E-state index is -0.511. The summed E-state index contributed by atoms with van der Waals surface area (Å²) in [6, 6.07) is 8.17. The van der Waals surface area contributed by atoms with Gasteiger partial charge >= 0.3 is 0 Å². The number of aryl methyl sites for hydroxylation is 1. The van der Waals surface area contributed by atoms with Crippen molar-refractivity contribution in [2.75, 3.05) is 5.32 Å². The first-order valence-electron chi connectivity index (χ1n) is 5.50. The number of hydrogen-bond acceptors (Lipinski definition) is 1. The van der Waals surface area contributed by atoms with E-state index in [0.717, 1.165) is 6.07 Å². The van der Waals surface area contributed by atoms with Gasteiger partial charge in [-0.25, -0.2) is 8.78 Å². The first-order chi connectivity index (χ1) is 8.97. The maximum Gasteiger partial charge on any atom is 0.256 e. The highest BCUT2D eigenvalue weighted by atomic mass is 79.9. The minimum absolute atomic E-state index is 0.154. The lowest BCUT2D eigenvalue weighted by Gasteiger charge is -2.08. The molecule has 0 heterocycles. The quantitative estimate of drug-likeness (QED) is 0.876. The van der Waals surface area contributed by atoms with Crippen LogP contribution in [-0.4, -0.2) is 5.91 Å². The van der Waals surface area contributed by atoms with E-state index in [1.807, 2.05) is 0 Å². The Hall–Kier alpha value is -1.75. The van der Waals surface area contributed by atoms with Crippen molar-refractivity contribution in [3.05, 3.63) is 63.6 Å². The lowest BCUT2D eigenvalue weighted by Crippen LogP contribution is -2.13. The Morgan fingerprint density at radius 2 is 1.89 bits per heavy atom. The summed E-state index contributed by atoms with van der Waals surface area (Å²) in [6.07, 6.45) is 0. The van der Waals surface area contributed by atoms with Gasteiger partial charge in [-0.15, -0.1) is 0 Å². The van der Waals surface area contributed by atoms with Gasteiger partial charge in [0.25, 0.3) is 5.91 Å². The van der Waals surface area contributed by atoms with Gasteiger partial charge in [0.2, 0.25) is 0 Å². The number of nitrogens with one attached hydrogen (secondary N) is 1. The molecule has 0 fully saturated rings. The Bertz CT molecular complexity index is 643. The van der Waals surface area contributed by atoms with E-state index in [0.29, 0.717) is 15.7 Å². The van der Waals surface area contributed by atoms with E-state index >= 15 is 0 Å². The monoisotopic (exact) mass is 325 g/mol. The molecule has 2 aromatic rings. The van der Waals surface area contributed by atoms with Crippen LogP contribution < -0.4 is 5.32 Å². The number of carbonyl (C=O) groups excluding carboxylic acids is 1. The number of carbonyl (C=O) groups is 1. The molecule has 0 saturated carbocycles. The summed E-state index contributed by atoms with van der Waals surface area (Å²) in [5.41, 5.74) is 0.968. The minimum Gasteiger partial charge on any atom is -0.322 e. The first-order valence-corrected chi connectivity index (χ1v) is 6.29. The zero-order valence-electron chi connectivity index (χ0n) is 10.0. The van der Waals surface area contributed by atoms with Crippen molar-refractivity contribution in [1.29, 1.82) is 0 Å². The molecule has 0 radical (unpaired) electrons. The van der Waals surface area contributed by atoms with Crippen molar-refractivity contribution in [3.63, 3.8) is 0 Å². The molecule has 0 aromatic heterocycles. The van der Waals surface area contributed by atoms with Gasteiger partial charge in [0.15, 0.2) is 0 Å². The van der Waals surface area contributed by atoms with Crippen molar-refractivity contribution in [2.24, 2.45) is 0 Å². The van der Waals surface area contributed by atoms with E-state index in [1.54, 1.807) is 19.1 Å². The highest BCUT2D eigenvalue weighted by molar-refractivity contribution is 9.10. The van der Waals surface area contributed by atoms with E-state index in [9.17, 15) is 13.6 Å². The van der Waals surface area contributed by atoms with Crippen LogP contribution in [-0.2, 0) is 0 Å². The average Bonchev–Trinajstić information content (AvgIpc) is 2.36. The molecule has 0 unspecified atom stereocenters. The van der Waals surface area contributed by atoms with Gasteiger partial charge in [-0.1, -0.05) is 6.07 Å². The summed E-state index contributed by atoms with van der Waals surface area (Å²) in [4.78, 5) is 12.0. The van der Waals surface area contributed by atoms with Crippen LogP contribution in [0.3, 0.4) is 0 Å². The smallest absolute Gasteiger partial charge is 0.256 e. The third-order valence-electron chi connectivity index (χ3n) is 2.60. The van der Waals surface area contributed by atoms with Crippen LogP contribution in [0.2, 0.25) is 0 Å². The summed E-state index contributed by atoms with van der Waals surface area (Å²) in [5.74, 6) is -1.42. The molecule has 0 atom stereocenters. The second kappa shape index (κ2) is 5.48. The number of hydrogen-bond donors (Lipinski definition) is 1. The largest absolute Gasteiger partial charge is 0.322 e. The fourth-order valence-electron chi connectivity index (χ4n) is 1.54. The van der Waals surface area contributed by atoms with Crippen molar-refractivity contribution in [3.8, 4) is 0 Å². The van der Waals surface area contributed by atoms with E-state index in [2.05, 4.69) is 21.2 Å². The third kappa shape index (κ3) is 3.17. The van der Waals surface area contributed by atoms with Crippen LogP contribution in [0.25, 0.3) is 0 Å². The number of halogens is 3. The second-order valence-electron chi connectivity index (χ2n) is 4.04. The van der Waals surface area contributed by atoms with E-state index < -0.39 is 17.5 Å². The molecule has 2 rings (SSSR count). The molecule has 0 spiro atoms. The Morgan fingerprint density at radius 1 is 1.16 bits per heavy atom. The fourth-order valence-corrected chi connectivity index (χ4v) is 1.97. The van der Waals surface area contributed by atoms with Gasteiger partial charge in [-0.3, -0.25) is 4.79 Å². The Balaban J connectivity index is 2.25. The molecule has 0 aliphatic heterocycles. The van der Waals surface area contributed by atoms with Crippen LogP contribution in [0.1, 0.15) is 15.9 Å². The zero-order valence-corrected chi connectivity index (χ0v) is 11.6. The van der Waals surface area contributed by atoms with Crippen LogP contribution in [0.4, 0.5) is 14.5 Å². The van der Waals surface area contributed by atoms with Crippen LogP contribution in [0, 0.1) is 18.6 Å². The number of rotatable bonds is 2. The summed E-state index contributed by atoms with van der Waals surface area (Å²) in [6.45, 7) is 1.63. The number of benzene rings is 2. The SMILES string of the molecule is Cc1ccc(NC(=O)c2cc(F)ccc2Br)cc1F. The lowest BCUT2D eigenvalue weighted by molar-refractivity contribution is 0.102. The number of anilines is 1. The van der Waals surface area contributed by atoms with E-state index in [-0.39, 0.29) is 5.56 Å². The van der Waals surface area contributed by atoms with Crippen LogP contribution >= 0.6 is 15.9 Å². The molecule has 0 bridgehead atoms. The zero-order chi connectivity index (χ0) is 14.0. The standard InChI is InChI=1S/C14H10BrF2NO/c1-8-2-4-10(7-13(8)17)18-14(19)11-6-9(16)3-5-12(11)15/h2-7H,1H3,(H,18,19). The molecule has 0 aliphatic carbocycles. The van der Waals surface area contributed by atoms with E-state index in [4.69, 9.17) is 0 Å². The molecule has 1 amide bonds. The summed E-state index contributed by atoms with van der Waals surface area (Å²) in [5, 5.41) is 2.52. The van der Waals surface area contributed by atoms with Crippen LogP contribution in [0.5, 0.6) is 0 Å². The summed E-state index contributed by atoms with van der Waals surface area (Å²) in [7, 11) is 0. The lowest BCUT2D eigenvalue weighted by atomic mass is 10.2. The van der Waals surface area contributed by atoms with E-state index in [1.165, 1.54) is 18.2 Å². The fraction of sp³-hybridized carbons (Fsp3) is 0.0714. The van der Waals surface area contributed by atoms with Crippen molar-refractivity contribution in [1.82, 2.24) is 0 Å². The van der Waals surface area contributed by atoms with Crippen molar-refractivity contribution in [2.45, 2.75) is 6.92 Å². The maximum absolute atomic E-state index is 13.4. The molecule has 19 heavy (non-hydrogen) atoms. The van der Waals surface area contributed by atoms with Gasteiger partial charge in [0, 0.05) is 10.2 Å². The Labute approximate surface area is 117 Å². The highest BCUT2D eigenvalue weighted by Crippen LogP contribution is 2.20. The van der Waals surface area contributed by atoms with Gasteiger partial charge in [0.1, 0.15) is 11.6 Å². The molecule has 0 aliphatic rings.